The summed E-state index contributed by atoms with van der Waals surface area (Å²) in [6.45, 7) is 4.59. The lowest BCUT2D eigenvalue weighted by Gasteiger charge is -2.18. The fourth-order valence-corrected chi connectivity index (χ4v) is 2.81. The Hall–Kier alpha value is -1.10. The quantitative estimate of drug-likeness (QED) is 0.892. The van der Waals surface area contributed by atoms with Crippen molar-refractivity contribution < 1.29 is 4.39 Å². The molecular weight excluding hydrogens is 312 g/mol. The number of hydrogen-bond donors (Lipinski definition) is 1. The fraction of sp³-hybridized carbons (Fsp3) is 0.400. The number of rotatable bonds is 5. The Kier molecular flexibility index (Phi) is 5.25. The van der Waals surface area contributed by atoms with Gasteiger partial charge in [-0.25, -0.2) is 4.39 Å². The molecule has 0 aliphatic rings. The summed E-state index contributed by atoms with van der Waals surface area (Å²) in [6, 6.07) is 4.80. The van der Waals surface area contributed by atoms with Gasteiger partial charge in [0.05, 0.1) is 21.4 Å². The van der Waals surface area contributed by atoms with Gasteiger partial charge in [-0.1, -0.05) is 35.3 Å². The molecular formula is C15H18Cl2FN3. The number of nitrogens with zero attached hydrogens (tertiary/aromatic N) is 2. The molecule has 1 heterocycles. The van der Waals surface area contributed by atoms with Gasteiger partial charge in [-0.05, 0) is 27.0 Å². The number of nitrogens with one attached hydrogen (secondary N) is 1. The Morgan fingerprint density at radius 1 is 1.38 bits per heavy atom. The summed E-state index contributed by atoms with van der Waals surface area (Å²) in [5, 5.41) is 8.27. The van der Waals surface area contributed by atoms with E-state index in [1.165, 1.54) is 0 Å². The van der Waals surface area contributed by atoms with Crippen molar-refractivity contribution in [2.45, 2.75) is 32.9 Å². The van der Waals surface area contributed by atoms with E-state index >= 15 is 0 Å². The van der Waals surface area contributed by atoms with Crippen molar-refractivity contribution >= 4 is 23.2 Å². The van der Waals surface area contributed by atoms with Crippen LogP contribution in [0.1, 0.15) is 29.9 Å². The summed E-state index contributed by atoms with van der Waals surface area (Å²) >= 11 is 12.2. The maximum atomic E-state index is 14.2. The minimum Gasteiger partial charge on any atom is -0.313 e. The van der Waals surface area contributed by atoms with Gasteiger partial charge in [0.2, 0.25) is 0 Å². The molecule has 21 heavy (non-hydrogen) atoms. The standard InChI is InChI=1S/C15H18Cl2FN3/c1-4-21-13(14(17)9(2)20-21)8-12(19-3)10-6-5-7-11(16)15(10)18/h5-7,12,19H,4,8H2,1-3H3. The first-order chi connectivity index (χ1) is 9.99. The van der Waals surface area contributed by atoms with Crippen LogP contribution in [0, 0.1) is 12.7 Å². The molecule has 0 fully saturated rings. The molecule has 1 N–H and O–H groups in total. The minimum absolute atomic E-state index is 0.124. The molecule has 0 aliphatic heterocycles. The topological polar surface area (TPSA) is 29.9 Å². The highest BCUT2D eigenvalue weighted by molar-refractivity contribution is 6.32. The molecule has 0 aliphatic carbocycles. The van der Waals surface area contributed by atoms with Crippen molar-refractivity contribution in [3.63, 3.8) is 0 Å². The van der Waals surface area contributed by atoms with Gasteiger partial charge in [-0.2, -0.15) is 5.10 Å². The van der Waals surface area contributed by atoms with Crippen LogP contribution in [0.15, 0.2) is 18.2 Å². The average Bonchev–Trinajstić information content (AvgIpc) is 2.75. The monoisotopic (exact) mass is 329 g/mol. The third-order valence-electron chi connectivity index (χ3n) is 3.56. The Morgan fingerprint density at radius 3 is 2.71 bits per heavy atom. The number of aryl methyl sites for hydroxylation is 2. The molecule has 2 rings (SSSR count). The van der Waals surface area contributed by atoms with Gasteiger partial charge in [-0.3, -0.25) is 4.68 Å². The molecule has 3 nitrogen and oxygen atoms in total. The van der Waals surface area contributed by atoms with E-state index in [4.69, 9.17) is 23.2 Å². The smallest absolute Gasteiger partial charge is 0.146 e. The molecule has 0 bridgehead atoms. The fourth-order valence-electron chi connectivity index (χ4n) is 2.41. The Labute approximate surface area is 134 Å². The summed E-state index contributed by atoms with van der Waals surface area (Å²) in [7, 11) is 1.79. The van der Waals surface area contributed by atoms with E-state index in [0.717, 1.165) is 17.9 Å². The molecule has 0 spiro atoms. The highest BCUT2D eigenvalue weighted by Gasteiger charge is 2.21. The number of halogens is 3. The van der Waals surface area contributed by atoms with Crippen molar-refractivity contribution in [2.75, 3.05) is 7.05 Å². The molecule has 1 unspecified atom stereocenters. The first-order valence-electron chi connectivity index (χ1n) is 6.82. The van der Waals surface area contributed by atoms with Gasteiger partial charge >= 0.3 is 0 Å². The summed E-state index contributed by atoms with van der Waals surface area (Å²) in [4.78, 5) is 0. The van der Waals surface area contributed by atoms with E-state index in [1.54, 1.807) is 25.2 Å². The normalized spacial score (nSPS) is 12.7. The van der Waals surface area contributed by atoms with Gasteiger partial charge < -0.3 is 5.32 Å². The second kappa shape index (κ2) is 6.77. The zero-order chi connectivity index (χ0) is 15.6. The SMILES string of the molecule is CCn1nc(C)c(Cl)c1CC(NC)c1cccc(Cl)c1F. The summed E-state index contributed by atoms with van der Waals surface area (Å²) in [5.41, 5.74) is 2.22. The predicted molar refractivity (Wildman–Crippen MR) is 84.6 cm³/mol. The van der Waals surface area contributed by atoms with Crippen molar-refractivity contribution in [1.29, 1.82) is 0 Å². The van der Waals surface area contributed by atoms with Gasteiger partial charge in [-0.15, -0.1) is 0 Å². The van der Waals surface area contributed by atoms with E-state index in [-0.39, 0.29) is 11.1 Å². The summed E-state index contributed by atoms with van der Waals surface area (Å²) < 4.78 is 16.1. The van der Waals surface area contributed by atoms with Crippen molar-refractivity contribution in [2.24, 2.45) is 0 Å². The van der Waals surface area contributed by atoms with Gasteiger partial charge in [0.1, 0.15) is 5.82 Å². The molecule has 1 atom stereocenters. The van der Waals surface area contributed by atoms with Crippen LogP contribution in [-0.4, -0.2) is 16.8 Å². The molecule has 1 aromatic heterocycles. The molecule has 114 valence electrons. The predicted octanol–water partition coefficient (Wildman–Crippen LogP) is 4.16. The lowest BCUT2D eigenvalue weighted by Crippen LogP contribution is -2.22. The number of benzene rings is 1. The van der Waals surface area contributed by atoms with Crippen molar-refractivity contribution in [3.8, 4) is 0 Å². The zero-order valence-corrected chi connectivity index (χ0v) is 13.8. The Morgan fingerprint density at radius 2 is 2.10 bits per heavy atom. The third-order valence-corrected chi connectivity index (χ3v) is 4.34. The summed E-state index contributed by atoms with van der Waals surface area (Å²) in [5.74, 6) is -0.395. The van der Waals surface area contributed by atoms with Crippen LogP contribution in [0.5, 0.6) is 0 Å². The zero-order valence-electron chi connectivity index (χ0n) is 12.3. The molecule has 2 aromatic rings. The molecule has 0 saturated carbocycles. The molecule has 0 amide bonds. The van der Waals surface area contributed by atoms with Crippen LogP contribution < -0.4 is 5.32 Å². The molecule has 6 heteroatoms. The second-order valence-electron chi connectivity index (χ2n) is 4.85. The van der Waals surface area contributed by atoms with Gasteiger partial charge in [0.25, 0.3) is 0 Å². The van der Waals surface area contributed by atoms with Crippen LogP contribution in [0.25, 0.3) is 0 Å². The lowest BCUT2D eigenvalue weighted by molar-refractivity contribution is 0.510. The van der Waals surface area contributed by atoms with Crippen molar-refractivity contribution in [3.05, 3.63) is 51.0 Å². The maximum absolute atomic E-state index is 14.2. The highest BCUT2D eigenvalue weighted by atomic mass is 35.5. The Balaban J connectivity index is 2.38. The number of hydrogen-bond acceptors (Lipinski definition) is 2. The maximum Gasteiger partial charge on any atom is 0.146 e. The van der Waals surface area contributed by atoms with E-state index in [1.807, 2.05) is 18.5 Å². The molecule has 1 aromatic carbocycles. The van der Waals surface area contributed by atoms with Crippen LogP contribution in [0.3, 0.4) is 0 Å². The summed E-state index contributed by atoms with van der Waals surface area (Å²) in [6.07, 6.45) is 0.543. The highest BCUT2D eigenvalue weighted by Crippen LogP contribution is 2.29. The van der Waals surface area contributed by atoms with Crippen molar-refractivity contribution in [1.82, 2.24) is 15.1 Å². The lowest BCUT2D eigenvalue weighted by atomic mass is 10.0. The molecule has 0 saturated heterocycles. The van der Waals surface area contributed by atoms with Gasteiger partial charge in [0.15, 0.2) is 0 Å². The van der Waals surface area contributed by atoms with E-state index in [0.29, 0.717) is 17.0 Å². The minimum atomic E-state index is -0.395. The first-order valence-corrected chi connectivity index (χ1v) is 7.58. The number of aromatic nitrogens is 2. The van der Waals surface area contributed by atoms with Crippen LogP contribution >= 0.6 is 23.2 Å². The number of likely N-dealkylation sites (N-methyl/N-ethyl adjacent to an activating group) is 1. The Bertz CT molecular complexity index is 640. The van der Waals surface area contributed by atoms with E-state index < -0.39 is 5.82 Å². The molecule has 0 radical (unpaired) electrons. The largest absolute Gasteiger partial charge is 0.313 e. The average molecular weight is 330 g/mol. The van der Waals surface area contributed by atoms with E-state index in [2.05, 4.69) is 10.4 Å². The second-order valence-corrected chi connectivity index (χ2v) is 5.64. The van der Waals surface area contributed by atoms with Crippen LogP contribution in [0.4, 0.5) is 4.39 Å². The van der Waals surface area contributed by atoms with Crippen LogP contribution in [0.2, 0.25) is 10.0 Å². The van der Waals surface area contributed by atoms with E-state index in [9.17, 15) is 4.39 Å². The van der Waals surface area contributed by atoms with Gasteiger partial charge in [0, 0.05) is 24.6 Å². The van der Waals surface area contributed by atoms with Crippen LogP contribution in [-0.2, 0) is 13.0 Å². The third kappa shape index (κ3) is 3.23. The first kappa shape index (κ1) is 16.3.